The zero-order valence-electron chi connectivity index (χ0n) is 17.9. The molecule has 164 valence electrons. The Balaban J connectivity index is 1.95. The average Bonchev–Trinajstić information content (AvgIpc) is 2.78. The van der Waals surface area contributed by atoms with Crippen molar-refractivity contribution in [1.82, 2.24) is 5.32 Å². The number of rotatable bonds is 7. The summed E-state index contributed by atoms with van der Waals surface area (Å²) in [5, 5.41) is 5.93. The number of methoxy groups -OCH3 is 2. The van der Waals surface area contributed by atoms with Gasteiger partial charge in [0.25, 0.3) is 11.8 Å². The summed E-state index contributed by atoms with van der Waals surface area (Å²) >= 11 is 6.00. The number of carbonyl (C=O) groups is 2. The van der Waals surface area contributed by atoms with Crippen LogP contribution < -0.4 is 20.1 Å². The number of amides is 2. The molecule has 7 heteroatoms. The molecule has 2 N–H and O–H groups in total. The molecule has 0 radical (unpaired) electrons. The first kappa shape index (κ1) is 22.9. The summed E-state index contributed by atoms with van der Waals surface area (Å²) in [6.45, 7) is 1.93. The predicted molar refractivity (Wildman–Crippen MR) is 126 cm³/mol. The number of hydrogen-bond donors (Lipinski definition) is 2. The van der Waals surface area contributed by atoms with E-state index in [4.69, 9.17) is 21.1 Å². The fourth-order valence-corrected chi connectivity index (χ4v) is 3.20. The van der Waals surface area contributed by atoms with E-state index in [0.29, 0.717) is 33.3 Å². The molecule has 3 rings (SSSR count). The van der Waals surface area contributed by atoms with Gasteiger partial charge in [-0.1, -0.05) is 35.9 Å². The van der Waals surface area contributed by atoms with Gasteiger partial charge < -0.3 is 20.1 Å². The third-order valence-corrected chi connectivity index (χ3v) is 4.81. The molecule has 0 aromatic heterocycles. The molecule has 0 aliphatic carbocycles. The molecule has 0 saturated heterocycles. The number of carbonyl (C=O) groups excluding carboxylic acids is 2. The Labute approximate surface area is 191 Å². The monoisotopic (exact) mass is 450 g/mol. The number of ether oxygens (including phenoxy) is 2. The first-order chi connectivity index (χ1) is 15.4. The zero-order chi connectivity index (χ0) is 23.1. The zero-order valence-corrected chi connectivity index (χ0v) is 18.7. The molecule has 0 bridgehead atoms. The van der Waals surface area contributed by atoms with E-state index < -0.39 is 11.8 Å². The highest BCUT2D eigenvalue weighted by Crippen LogP contribution is 2.28. The van der Waals surface area contributed by atoms with Crippen LogP contribution in [-0.4, -0.2) is 26.0 Å². The van der Waals surface area contributed by atoms with E-state index in [1.54, 1.807) is 55.7 Å². The van der Waals surface area contributed by atoms with Gasteiger partial charge in [0, 0.05) is 16.3 Å². The highest BCUT2D eigenvalue weighted by atomic mass is 35.5. The second-order valence-electron chi connectivity index (χ2n) is 6.96. The molecule has 3 aromatic carbocycles. The lowest BCUT2D eigenvalue weighted by atomic mass is 10.1. The highest BCUT2D eigenvalue weighted by molar-refractivity contribution is 6.31. The summed E-state index contributed by atoms with van der Waals surface area (Å²) in [7, 11) is 3.07. The van der Waals surface area contributed by atoms with Crippen molar-refractivity contribution in [3.05, 3.63) is 94.1 Å². The van der Waals surface area contributed by atoms with Crippen molar-refractivity contribution in [2.45, 2.75) is 6.92 Å². The predicted octanol–water partition coefficient (Wildman–Crippen LogP) is 5.08. The van der Waals surface area contributed by atoms with Gasteiger partial charge in [-0.15, -0.1) is 0 Å². The molecule has 0 spiro atoms. The van der Waals surface area contributed by atoms with Crippen molar-refractivity contribution >= 4 is 35.2 Å². The lowest BCUT2D eigenvalue weighted by Crippen LogP contribution is -2.30. The van der Waals surface area contributed by atoms with Gasteiger partial charge in [-0.2, -0.15) is 0 Å². The summed E-state index contributed by atoms with van der Waals surface area (Å²) in [5.74, 6) is 0.124. The summed E-state index contributed by atoms with van der Waals surface area (Å²) in [5.41, 5.74) is 2.65. The second kappa shape index (κ2) is 10.5. The Bertz CT molecular complexity index is 1170. The molecule has 0 fully saturated rings. The van der Waals surface area contributed by atoms with Crippen LogP contribution in [0, 0.1) is 6.92 Å². The topological polar surface area (TPSA) is 76.7 Å². The van der Waals surface area contributed by atoms with Crippen LogP contribution in [0.15, 0.2) is 72.4 Å². The van der Waals surface area contributed by atoms with Crippen molar-refractivity contribution in [1.29, 1.82) is 0 Å². The molecule has 3 aromatic rings. The van der Waals surface area contributed by atoms with Gasteiger partial charge in [0.15, 0.2) is 11.5 Å². The Morgan fingerprint density at radius 3 is 2.34 bits per heavy atom. The van der Waals surface area contributed by atoms with Gasteiger partial charge in [-0.3, -0.25) is 9.59 Å². The van der Waals surface area contributed by atoms with Gasteiger partial charge in [-0.25, -0.2) is 0 Å². The molecule has 32 heavy (non-hydrogen) atoms. The van der Waals surface area contributed by atoms with E-state index in [-0.39, 0.29) is 5.70 Å². The van der Waals surface area contributed by atoms with Gasteiger partial charge in [0.05, 0.1) is 14.2 Å². The molecule has 2 amide bonds. The molecule has 0 atom stereocenters. The van der Waals surface area contributed by atoms with Crippen LogP contribution in [-0.2, 0) is 4.79 Å². The Morgan fingerprint density at radius 1 is 0.906 bits per heavy atom. The van der Waals surface area contributed by atoms with Gasteiger partial charge in [0.2, 0.25) is 0 Å². The average molecular weight is 451 g/mol. The van der Waals surface area contributed by atoms with Gasteiger partial charge in [-0.05, 0) is 66.6 Å². The Kier molecular flexibility index (Phi) is 7.52. The minimum absolute atomic E-state index is 0.0590. The van der Waals surface area contributed by atoms with Crippen LogP contribution in [0.4, 0.5) is 5.69 Å². The van der Waals surface area contributed by atoms with E-state index in [0.717, 1.165) is 5.56 Å². The number of benzene rings is 3. The van der Waals surface area contributed by atoms with Crippen LogP contribution in [0.5, 0.6) is 11.5 Å². The standard InChI is InChI=1S/C25H23ClN2O4/c1-16-6-4-9-20(12-16)27-25(30)21(28-24(29)18-7-5-8-19(26)15-18)13-17-10-11-22(31-2)23(14-17)32-3/h4-15H,1-3H3,(H,27,30)(H,28,29)/b21-13-. The maximum absolute atomic E-state index is 13.1. The summed E-state index contributed by atoms with van der Waals surface area (Å²) in [4.78, 5) is 25.9. The van der Waals surface area contributed by atoms with E-state index >= 15 is 0 Å². The maximum atomic E-state index is 13.1. The van der Waals surface area contributed by atoms with Crippen LogP contribution in [0.25, 0.3) is 6.08 Å². The van der Waals surface area contributed by atoms with E-state index in [2.05, 4.69) is 10.6 Å². The van der Waals surface area contributed by atoms with Crippen LogP contribution in [0.1, 0.15) is 21.5 Å². The Morgan fingerprint density at radius 2 is 1.66 bits per heavy atom. The fraction of sp³-hybridized carbons (Fsp3) is 0.120. The largest absolute Gasteiger partial charge is 0.493 e. The summed E-state index contributed by atoms with van der Waals surface area (Å²) in [6.07, 6.45) is 1.57. The smallest absolute Gasteiger partial charge is 0.272 e. The Hall–Kier alpha value is -3.77. The van der Waals surface area contributed by atoms with Gasteiger partial charge in [0.1, 0.15) is 5.70 Å². The van der Waals surface area contributed by atoms with Crippen molar-refractivity contribution in [3.8, 4) is 11.5 Å². The quantitative estimate of drug-likeness (QED) is 0.492. The van der Waals surface area contributed by atoms with Crippen molar-refractivity contribution in [2.75, 3.05) is 19.5 Å². The van der Waals surface area contributed by atoms with Crippen LogP contribution in [0.3, 0.4) is 0 Å². The lowest BCUT2D eigenvalue weighted by Gasteiger charge is -2.13. The van der Waals surface area contributed by atoms with Crippen molar-refractivity contribution in [2.24, 2.45) is 0 Å². The number of nitrogens with one attached hydrogen (secondary N) is 2. The third kappa shape index (κ3) is 5.89. The lowest BCUT2D eigenvalue weighted by molar-refractivity contribution is -0.113. The molecule has 6 nitrogen and oxygen atoms in total. The normalized spacial score (nSPS) is 10.9. The first-order valence-corrected chi connectivity index (χ1v) is 10.2. The number of hydrogen-bond acceptors (Lipinski definition) is 4. The summed E-state index contributed by atoms with van der Waals surface area (Å²) in [6, 6.07) is 19.1. The molecule has 0 aliphatic rings. The molecular formula is C25H23ClN2O4. The maximum Gasteiger partial charge on any atom is 0.272 e. The number of aryl methyl sites for hydroxylation is 1. The van der Waals surface area contributed by atoms with Crippen LogP contribution >= 0.6 is 11.6 Å². The molecular weight excluding hydrogens is 428 g/mol. The molecule has 0 heterocycles. The molecule has 0 aliphatic heterocycles. The minimum atomic E-state index is -0.472. The first-order valence-electron chi connectivity index (χ1n) is 9.78. The minimum Gasteiger partial charge on any atom is -0.493 e. The van der Waals surface area contributed by atoms with Crippen LogP contribution in [0.2, 0.25) is 5.02 Å². The molecule has 0 saturated carbocycles. The highest BCUT2D eigenvalue weighted by Gasteiger charge is 2.16. The van der Waals surface area contributed by atoms with Crippen molar-refractivity contribution in [3.63, 3.8) is 0 Å². The molecule has 0 unspecified atom stereocenters. The van der Waals surface area contributed by atoms with Gasteiger partial charge >= 0.3 is 0 Å². The SMILES string of the molecule is COc1ccc(/C=C(\NC(=O)c2cccc(Cl)c2)C(=O)Nc2cccc(C)c2)cc1OC. The number of anilines is 1. The fourth-order valence-electron chi connectivity index (χ4n) is 3.01. The van der Waals surface area contributed by atoms with E-state index in [9.17, 15) is 9.59 Å². The van der Waals surface area contributed by atoms with E-state index in [1.165, 1.54) is 13.2 Å². The third-order valence-electron chi connectivity index (χ3n) is 4.57. The van der Waals surface area contributed by atoms with Crippen molar-refractivity contribution < 1.29 is 19.1 Å². The summed E-state index contributed by atoms with van der Waals surface area (Å²) < 4.78 is 10.6. The van der Waals surface area contributed by atoms with E-state index in [1.807, 2.05) is 25.1 Å². The second-order valence-corrected chi connectivity index (χ2v) is 7.40. The number of halogens is 1.